The predicted octanol–water partition coefficient (Wildman–Crippen LogP) is 1.45. The van der Waals surface area contributed by atoms with Crippen LogP contribution in [0.25, 0.3) is 11.2 Å². The van der Waals surface area contributed by atoms with Crippen LogP contribution in [0.2, 0.25) is 0 Å². The van der Waals surface area contributed by atoms with Crippen LogP contribution in [0.3, 0.4) is 0 Å². The second kappa shape index (κ2) is 14.6. The van der Waals surface area contributed by atoms with E-state index in [9.17, 15) is 24.1 Å². The number of aliphatic hydroxyl groups is 1. The summed E-state index contributed by atoms with van der Waals surface area (Å²) in [5.41, 5.74) is 4.93. The maximum Gasteiger partial charge on any atom is 0.352 e. The summed E-state index contributed by atoms with van der Waals surface area (Å²) in [6, 6.07) is -0.968. The van der Waals surface area contributed by atoms with Gasteiger partial charge in [-0.15, -0.1) is 5.10 Å². The van der Waals surface area contributed by atoms with Gasteiger partial charge in [-0.2, -0.15) is 9.67 Å². The number of esters is 2. The summed E-state index contributed by atoms with van der Waals surface area (Å²) in [5.74, 6) is -1.44. The van der Waals surface area contributed by atoms with Crippen molar-refractivity contribution in [1.29, 1.82) is 0 Å². The number of carbonyl (C=O) groups excluding carboxylic acids is 2. The number of nitrogen functional groups attached to an aromatic ring is 1. The van der Waals surface area contributed by atoms with Gasteiger partial charge in [0, 0.05) is 12.6 Å². The van der Waals surface area contributed by atoms with E-state index in [1.165, 1.54) is 18.5 Å². The molecule has 17 heteroatoms. The zero-order valence-corrected chi connectivity index (χ0v) is 24.6. The molecule has 16 nitrogen and oxygen atoms in total. The molecule has 1 aliphatic heterocycles. The highest BCUT2D eigenvalue weighted by Gasteiger charge is 2.39. The van der Waals surface area contributed by atoms with Crippen molar-refractivity contribution in [2.75, 3.05) is 25.1 Å². The van der Waals surface area contributed by atoms with E-state index in [-0.39, 0.29) is 55.0 Å². The van der Waals surface area contributed by atoms with Gasteiger partial charge in [0.1, 0.15) is 17.9 Å². The number of nitrogens with two attached hydrogens (primary N) is 1. The molecule has 0 amide bonds. The Morgan fingerprint density at radius 1 is 1.29 bits per heavy atom. The smallest absolute Gasteiger partial charge is 0.352 e. The molecule has 5 atom stereocenters. The quantitative estimate of drug-likeness (QED) is 0.0986. The summed E-state index contributed by atoms with van der Waals surface area (Å²) in [5, 5.41) is 21.2. The molecule has 2 aromatic rings. The first-order chi connectivity index (χ1) is 19.5. The third-order valence-electron chi connectivity index (χ3n) is 6.34. The highest BCUT2D eigenvalue weighted by molar-refractivity contribution is 7.60. The second-order valence-corrected chi connectivity index (χ2v) is 12.2. The van der Waals surface area contributed by atoms with Crippen molar-refractivity contribution in [3.63, 3.8) is 0 Å². The lowest BCUT2D eigenvalue weighted by Gasteiger charge is -2.22. The number of aromatic nitrogens is 5. The number of H-pyrrole nitrogens is 1. The molecule has 1 aliphatic rings. The molecular formula is C24H39N8O8P. The van der Waals surface area contributed by atoms with Crippen molar-refractivity contribution >= 4 is 42.2 Å². The predicted molar refractivity (Wildman–Crippen MR) is 149 cm³/mol. The van der Waals surface area contributed by atoms with E-state index in [1.54, 1.807) is 0 Å². The Kier molecular flexibility index (Phi) is 11.5. The van der Waals surface area contributed by atoms with E-state index in [0.717, 1.165) is 12.8 Å². The van der Waals surface area contributed by atoms with Crippen molar-refractivity contribution in [1.82, 2.24) is 30.0 Å². The number of carbonyl (C=O) groups is 2. The number of rotatable bonds is 15. The summed E-state index contributed by atoms with van der Waals surface area (Å²) in [4.78, 5) is 43.3. The Morgan fingerprint density at radius 2 is 1.98 bits per heavy atom. The van der Waals surface area contributed by atoms with Crippen LogP contribution in [-0.2, 0) is 28.4 Å². The minimum Gasteiger partial charge on any atom is -0.465 e. The molecule has 3 rings (SSSR count). The van der Waals surface area contributed by atoms with E-state index in [1.807, 2.05) is 13.8 Å². The van der Waals surface area contributed by atoms with Crippen LogP contribution in [0.4, 0.5) is 5.95 Å². The Hall–Kier alpha value is -3.20. The molecule has 228 valence electrons. The van der Waals surface area contributed by atoms with Crippen LogP contribution >= 0.6 is 7.44 Å². The van der Waals surface area contributed by atoms with E-state index in [4.69, 9.17) is 19.9 Å². The average molecular weight is 599 g/mol. The van der Waals surface area contributed by atoms with E-state index < -0.39 is 49.4 Å². The highest BCUT2D eigenvalue weighted by atomic mass is 31.2. The van der Waals surface area contributed by atoms with Gasteiger partial charge < -0.3 is 25.1 Å². The lowest BCUT2D eigenvalue weighted by Crippen LogP contribution is -2.34. The number of aliphatic hydroxyl groups excluding tert-OH is 1. The Bertz CT molecular complexity index is 1340. The molecule has 1 unspecified atom stereocenters. The molecule has 0 saturated carbocycles. The lowest BCUT2D eigenvalue weighted by atomic mass is 10.1. The van der Waals surface area contributed by atoms with Gasteiger partial charge in [0.15, 0.2) is 17.4 Å². The number of anilines is 1. The number of hydrogen-bond donors (Lipinski definition) is 4. The van der Waals surface area contributed by atoms with Crippen molar-refractivity contribution in [3.05, 3.63) is 10.4 Å². The molecule has 0 aliphatic carbocycles. The van der Waals surface area contributed by atoms with Crippen molar-refractivity contribution in [2.45, 2.75) is 90.7 Å². The van der Waals surface area contributed by atoms with Gasteiger partial charge in [-0.25, -0.2) is 14.6 Å². The SMILES string of the molecule is CCCCOC(=O)C(C)=NP(=O)(CC[C@@H]1C[C@@H](O)[C@H](n2nnc3c(=O)[nH]c(N)nc32)O1)N[C@@H](C)C(=O)OCCCC. The molecule has 0 bridgehead atoms. The molecular weight excluding hydrogens is 559 g/mol. The molecule has 0 radical (unpaired) electrons. The average Bonchev–Trinajstić information content (AvgIpc) is 3.50. The van der Waals surface area contributed by atoms with E-state index in [0.29, 0.717) is 12.8 Å². The number of nitrogens with one attached hydrogen (secondary N) is 2. The summed E-state index contributed by atoms with van der Waals surface area (Å²) in [6.45, 7) is 7.26. The van der Waals surface area contributed by atoms with Gasteiger partial charge in [0.25, 0.3) is 13.0 Å². The van der Waals surface area contributed by atoms with Crippen LogP contribution in [0.15, 0.2) is 9.56 Å². The summed E-state index contributed by atoms with van der Waals surface area (Å²) >= 11 is 0. The van der Waals surface area contributed by atoms with Gasteiger partial charge in [-0.1, -0.05) is 31.9 Å². The molecule has 41 heavy (non-hydrogen) atoms. The van der Waals surface area contributed by atoms with Crippen molar-refractivity contribution < 1.29 is 33.5 Å². The first-order valence-corrected chi connectivity index (χ1v) is 15.5. The molecule has 2 aromatic heterocycles. The van der Waals surface area contributed by atoms with Crippen LogP contribution in [-0.4, -0.2) is 85.3 Å². The largest absolute Gasteiger partial charge is 0.465 e. The molecule has 1 fully saturated rings. The fourth-order valence-electron chi connectivity index (χ4n) is 4.12. The van der Waals surface area contributed by atoms with E-state index in [2.05, 4.69) is 30.1 Å². The monoisotopic (exact) mass is 598 g/mol. The minimum atomic E-state index is -3.76. The zero-order valence-electron chi connectivity index (χ0n) is 23.7. The molecule has 0 spiro atoms. The third-order valence-corrected chi connectivity index (χ3v) is 8.62. The minimum absolute atomic E-state index is 0.0421. The molecule has 1 saturated heterocycles. The number of hydrogen-bond acceptors (Lipinski definition) is 12. The van der Waals surface area contributed by atoms with E-state index >= 15 is 0 Å². The third kappa shape index (κ3) is 8.64. The molecule has 5 N–H and O–H groups in total. The number of nitrogens with zero attached hydrogens (tertiary/aromatic N) is 5. The lowest BCUT2D eigenvalue weighted by molar-refractivity contribution is -0.145. The standard InChI is InChI=1S/C24H39N8O8P/c1-5-7-10-38-22(35)14(3)29-41(37,30-15(4)23(36)39-11-8-6-2)12-9-16-13-17(33)21(40-16)32-19-18(28-31-32)20(34)27-24(25)26-19/h14,16-17,21,33H,5-13H2,1-4H3,(H,29,37)(H3,25,26,27,34)/t14-,16+,17+,21+,41?/m0/s1. The Morgan fingerprint density at radius 3 is 2.66 bits per heavy atom. The normalized spacial score (nSPS) is 21.5. The maximum absolute atomic E-state index is 14.0. The fraction of sp³-hybridized carbons (Fsp3) is 0.708. The number of ether oxygens (including phenoxy) is 3. The number of fused-ring (bicyclic) bond motifs is 1. The molecule has 0 aromatic carbocycles. The van der Waals surface area contributed by atoms with Crippen molar-refractivity contribution in [2.24, 2.45) is 4.76 Å². The summed E-state index contributed by atoms with van der Waals surface area (Å²) < 4.78 is 35.7. The van der Waals surface area contributed by atoms with Crippen molar-refractivity contribution in [3.8, 4) is 0 Å². The summed E-state index contributed by atoms with van der Waals surface area (Å²) in [6.07, 6.45) is 0.528. The Balaban J connectivity index is 1.75. The Labute approximate surface area is 236 Å². The van der Waals surface area contributed by atoms with Crippen LogP contribution < -0.4 is 16.4 Å². The van der Waals surface area contributed by atoms with Gasteiger partial charge in [0.2, 0.25) is 5.95 Å². The number of unbranched alkanes of at least 4 members (excludes halogenated alkanes) is 2. The van der Waals surface area contributed by atoms with Gasteiger partial charge >= 0.3 is 11.9 Å². The van der Waals surface area contributed by atoms with Gasteiger partial charge in [-0.05, 0) is 33.1 Å². The number of aromatic amines is 1. The fourth-order valence-corrected chi connectivity index (χ4v) is 6.32. The molecule has 3 heterocycles. The van der Waals surface area contributed by atoms with Crippen LogP contribution in [0, 0.1) is 0 Å². The topological polar surface area (TPSA) is 226 Å². The second-order valence-electron chi connectivity index (χ2n) is 9.87. The first kappa shape index (κ1) is 32.3. The van der Waals surface area contributed by atoms with Crippen LogP contribution in [0.5, 0.6) is 0 Å². The summed E-state index contributed by atoms with van der Waals surface area (Å²) in [7, 11) is -3.76. The first-order valence-electron chi connectivity index (χ1n) is 13.7. The highest BCUT2D eigenvalue weighted by Crippen LogP contribution is 2.46. The van der Waals surface area contributed by atoms with Gasteiger partial charge in [0.05, 0.1) is 19.3 Å². The maximum atomic E-state index is 14.0. The zero-order chi connectivity index (χ0) is 30.2. The van der Waals surface area contributed by atoms with Crippen LogP contribution in [0.1, 0.15) is 72.4 Å². The van der Waals surface area contributed by atoms with Gasteiger partial charge in [-0.3, -0.25) is 19.1 Å².